The minimum Gasteiger partial charge on any atom is -0.390 e. The highest BCUT2D eigenvalue weighted by Gasteiger charge is 2.41. The van der Waals surface area contributed by atoms with Gasteiger partial charge in [0.05, 0.1) is 5.60 Å². The minimum absolute atomic E-state index is 0.119. The Hall–Kier alpha value is -1.19. The van der Waals surface area contributed by atoms with Crippen molar-refractivity contribution in [2.45, 2.75) is 56.7 Å². The van der Waals surface area contributed by atoms with Gasteiger partial charge in [-0.05, 0) is 19.8 Å². The van der Waals surface area contributed by atoms with Gasteiger partial charge in [0.15, 0.2) is 5.78 Å². The summed E-state index contributed by atoms with van der Waals surface area (Å²) in [5.41, 5.74) is -1.91. The van der Waals surface area contributed by atoms with Crippen LogP contribution in [0.2, 0.25) is 0 Å². The predicted octanol–water partition coefficient (Wildman–Crippen LogP) is 2.71. The third-order valence-electron chi connectivity index (χ3n) is 3.98. The predicted molar refractivity (Wildman–Crippen MR) is 74.0 cm³/mol. The zero-order valence-electron chi connectivity index (χ0n) is 11.4. The maximum atomic E-state index is 12.3. The molecule has 2 N–H and O–H groups in total. The first-order chi connectivity index (χ1) is 8.93. The molecule has 3 nitrogen and oxygen atoms in total. The van der Waals surface area contributed by atoms with Crippen molar-refractivity contribution in [2.75, 3.05) is 0 Å². The molecule has 1 fully saturated rings. The van der Waals surface area contributed by atoms with Gasteiger partial charge in [-0.2, -0.15) is 0 Å². The Kier molecular flexibility index (Phi) is 4.07. The molecule has 0 bridgehead atoms. The summed E-state index contributed by atoms with van der Waals surface area (Å²) in [5.74, 6) is -0.313. The molecule has 1 saturated carbocycles. The maximum absolute atomic E-state index is 12.3. The van der Waals surface area contributed by atoms with Crippen LogP contribution in [0.4, 0.5) is 0 Å². The average molecular weight is 262 g/mol. The molecule has 1 atom stereocenters. The Morgan fingerprint density at radius 3 is 2.37 bits per heavy atom. The fraction of sp³-hybridized carbons (Fsp3) is 0.562. The smallest absolute Gasteiger partial charge is 0.194 e. The largest absolute Gasteiger partial charge is 0.390 e. The van der Waals surface area contributed by atoms with Crippen molar-refractivity contribution in [3.63, 3.8) is 0 Å². The van der Waals surface area contributed by atoms with Gasteiger partial charge in [-0.15, -0.1) is 0 Å². The average Bonchev–Trinajstić information content (AvgIpc) is 2.38. The summed E-state index contributed by atoms with van der Waals surface area (Å²) in [7, 11) is 0. The molecule has 1 aliphatic carbocycles. The summed E-state index contributed by atoms with van der Waals surface area (Å²) in [6.07, 6.45) is 4.51. The van der Waals surface area contributed by atoms with Crippen molar-refractivity contribution in [3.8, 4) is 0 Å². The molecule has 1 aromatic carbocycles. The topological polar surface area (TPSA) is 57.5 Å². The monoisotopic (exact) mass is 262 g/mol. The summed E-state index contributed by atoms with van der Waals surface area (Å²) in [4.78, 5) is 12.3. The van der Waals surface area contributed by atoms with Gasteiger partial charge in [-0.3, -0.25) is 4.79 Å². The highest BCUT2D eigenvalue weighted by Crippen LogP contribution is 2.35. The second-order valence-corrected chi connectivity index (χ2v) is 5.93. The fourth-order valence-electron chi connectivity index (χ4n) is 3.01. The van der Waals surface area contributed by atoms with Crippen LogP contribution >= 0.6 is 0 Å². The maximum Gasteiger partial charge on any atom is 0.194 e. The second-order valence-electron chi connectivity index (χ2n) is 5.93. The molecular formula is C16H22O3. The lowest BCUT2D eigenvalue weighted by Crippen LogP contribution is -2.45. The second kappa shape index (κ2) is 5.43. The minimum atomic E-state index is -1.51. The summed E-state index contributed by atoms with van der Waals surface area (Å²) in [6.45, 7) is 1.51. The summed E-state index contributed by atoms with van der Waals surface area (Å²) in [5, 5.41) is 20.9. The molecule has 19 heavy (non-hydrogen) atoms. The molecule has 2 rings (SSSR count). The SMILES string of the molecule is CC(O)(CC1(O)CCCCC1)C(=O)c1ccccc1. The number of Topliss-reactive ketones (excluding diaryl/α,β-unsaturated/α-hetero) is 1. The molecule has 0 spiro atoms. The number of rotatable bonds is 4. The quantitative estimate of drug-likeness (QED) is 0.820. The molecule has 0 amide bonds. The summed E-state index contributed by atoms with van der Waals surface area (Å²) in [6, 6.07) is 8.78. The van der Waals surface area contributed by atoms with E-state index in [2.05, 4.69) is 0 Å². The van der Waals surface area contributed by atoms with Crippen LogP contribution in [0.3, 0.4) is 0 Å². The number of aliphatic hydroxyl groups is 2. The molecule has 1 aromatic rings. The zero-order valence-corrected chi connectivity index (χ0v) is 11.4. The molecule has 0 aromatic heterocycles. The van der Waals surface area contributed by atoms with Crippen molar-refractivity contribution in [3.05, 3.63) is 35.9 Å². The molecule has 0 radical (unpaired) electrons. The van der Waals surface area contributed by atoms with E-state index < -0.39 is 11.2 Å². The van der Waals surface area contributed by atoms with Crippen molar-refractivity contribution in [2.24, 2.45) is 0 Å². The Morgan fingerprint density at radius 2 is 1.79 bits per heavy atom. The van der Waals surface area contributed by atoms with Gasteiger partial charge in [0, 0.05) is 12.0 Å². The van der Waals surface area contributed by atoms with Gasteiger partial charge in [-0.1, -0.05) is 49.6 Å². The molecule has 1 unspecified atom stereocenters. The van der Waals surface area contributed by atoms with E-state index in [0.717, 1.165) is 19.3 Å². The lowest BCUT2D eigenvalue weighted by Gasteiger charge is -2.37. The van der Waals surface area contributed by atoms with E-state index in [1.54, 1.807) is 24.3 Å². The van der Waals surface area contributed by atoms with Crippen LogP contribution in [0.5, 0.6) is 0 Å². The molecule has 0 saturated heterocycles. The van der Waals surface area contributed by atoms with Crippen LogP contribution in [0, 0.1) is 0 Å². The number of benzene rings is 1. The normalized spacial score (nSPS) is 21.6. The first kappa shape index (κ1) is 14.2. The lowest BCUT2D eigenvalue weighted by atomic mass is 9.75. The Balaban J connectivity index is 2.11. The standard InChI is InChI=1S/C16H22O3/c1-15(18,12-16(19)10-6-3-7-11-16)14(17)13-8-4-2-5-9-13/h2,4-5,8-9,18-19H,3,6-7,10-12H2,1H3. The molecular weight excluding hydrogens is 240 g/mol. The number of hydrogen-bond donors (Lipinski definition) is 2. The van der Waals surface area contributed by atoms with E-state index in [1.807, 2.05) is 6.07 Å². The first-order valence-electron chi connectivity index (χ1n) is 6.98. The van der Waals surface area contributed by atoms with Crippen LogP contribution in [-0.4, -0.2) is 27.2 Å². The summed E-state index contributed by atoms with van der Waals surface area (Å²) >= 11 is 0. The van der Waals surface area contributed by atoms with Crippen LogP contribution in [0.15, 0.2) is 30.3 Å². The zero-order chi connectivity index (χ0) is 13.9. The van der Waals surface area contributed by atoms with Gasteiger partial charge in [0.25, 0.3) is 0 Å². The fourth-order valence-corrected chi connectivity index (χ4v) is 3.01. The van der Waals surface area contributed by atoms with Crippen molar-refractivity contribution < 1.29 is 15.0 Å². The molecule has 0 heterocycles. The Bertz CT molecular complexity index is 431. The van der Waals surface area contributed by atoms with Gasteiger partial charge in [0.1, 0.15) is 5.60 Å². The van der Waals surface area contributed by atoms with Gasteiger partial charge in [0.2, 0.25) is 0 Å². The number of carbonyl (C=O) groups excluding carboxylic acids is 1. The van der Waals surface area contributed by atoms with Gasteiger partial charge >= 0.3 is 0 Å². The van der Waals surface area contributed by atoms with Gasteiger partial charge < -0.3 is 10.2 Å². The van der Waals surface area contributed by atoms with Gasteiger partial charge in [-0.25, -0.2) is 0 Å². The van der Waals surface area contributed by atoms with Crippen molar-refractivity contribution in [1.29, 1.82) is 0 Å². The third-order valence-corrected chi connectivity index (χ3v) is 3.98. The van der Waals surface area contributed by atoms with E-state index >= 15 is 0 Å². The Morgan fingerprint density at radius 1 is 1.21 bits per heavy atom. The Labute approximate surface area is 114 Å². The van der Waals surface area contributed by atoms with E-state index in [4.69, 9.17) is 0 Å². The highest BCUT2D eigenvalue weighted by atomic mass is 16.3. The van der Waals surface area contributed by atoms with Crippen LogP contribution in [0.25, 0.3) is 0 Å². The highest BCUT2D eigenvalue weighted by molar-refractivity contribution is 6.02. The first-order valence-corrected chi connectivity index (χ1v) is 6.98. The van der Waals surface area contributed by atoms with Crippen LogP contribution < -0.4 is 0 Å². The third kappa shape index (κ3) is 3.43. The van der Waals surface area contributed by atoms with E-state index in [0.29, 0.717) is 18.4 Å². The summed E-state index contributed by atoms with van der Waals surface area (Å²) < 4.78 is 0. The van der Waals surface area contributed by atoms with E-state index in [9.17, 15) is 15.0 Å². The van der Waals surface area contributed by atoms with Crippen molar-refractivity contribution in [1.82, 2.24) is 0 Å². The molecule has 104 valence electrons. The molecule has 3 heteroatoms. The van der Waals surface area contributed by atoms with E-state index in [-0.39, 0.29) is 12.2 Å². The number of hydrogen-bond acceptors (Lipinski definition) is 3. The van der Waals surface area contributed by atoms with E-state index in [1.165, 1.54) is 6.92 Å². The van der Waals surface area contributed by atoms with Crippen LogP contribution in [-0.2, 0) is 0 Å². The van der Waals surface area contributed by atoms with Crippen LogP contribution in [0.1, 0.15) is 55.8 Å². The van der Waals surface area contributed by atoms with Crippen molar-refractivity contribution >= 4 is 5.78 Å². The number of ketones is 1. The lowest BCUT2D eigenvalue weighted by molar-refractivity contribution is -0.0607. The molecule has 0 aliphatic heterocycles. The molecule has 1 aliphatic rings. The number of carbonyl (C=O) groups is 1.